The average Bonchev–Trinajstić information content (AvgIpc) is 2.96. The molecule has 1 unspecified atom stereocenters. The molecule has 0 radical (unpaired) electrons. The van der Waals surface area contributed by atoms with E-state index in [1.54, 1.807) is 0 Å². The lowest BCUT2D eigenvalue weighted by Crippen LogP contribution is -2.58. The van der Waals surface area contributed by atoms with Crippen molar-refractivity contribution >= 4 is 5.91 Å². The van der Waals surface area contributed by atoms with Crippen LogP contribution in [0.4, 0.5) is 0 Å². The molecule has 1 aromatic rings. The van der Waals surface area contributed by atoms with Crippen LogP contribution in [0.25, 0.3) is 0 Å². The van der Waals surface area contributed by atoms with Crippen LogP contribution in [-0.4, -0.2) is 23.5 Å². The van der Waals surface area contributed by atoms with Gasteiger partial charge in [0, 0.05) is 5.54 Å². The highest BCUT2D eigenvalue weighted by Crippen LogP contribution is 2.25. The second kappa shape index (κ2) is 6.61. The predicted molar refractivity (Wildman–Crippen MR) is 87.2 cm³/mol. The summed E-state index contributed by atoms with van der Waals surface area (Å²) in [5.74, 6) is 0.167. The number of amides is 1. The van der Waals surface area contributed by atoms with Crippen molar-refractivity contribution in [2.45, 2.75) is 64.0 Å². The maximum absolute atomic E-state index is 12.7. The standard InChI is InChI=1S/C18H28N2O/c1-4-18(12-8-14-19-18)16(21)20-17(2,3)13-11-15-9-6-5-7-10-15/h5-7,9-10,19H,4,8,11-14H2,1-3H3,(H,20,21). The third-order valence-corrected chi connectivity index (χ3v) is 4.62. The largest absolute Gasteiger partial charge is 0.350 e. The molecule has 3 nitrogen and oxygen atoms in total. The van der Waals surface area contributed by atoms with E-state index in [2.05, 4.69) is 55.7 Å². The van der Waals surface area contributed by atoms with Crippen LogP contribution in [0, 0.1) is 0 Å². The van der Waals surface area contributed by atoms with Crippen LogP contribution >= 0.6 is 0 Å². The maximum Gasteiger partial charge on any atom is 0.240 e. The summed E-state index contributed by atoms with van der Waals surface area (Å²) >= 11 is 0. The lowest BCUT2D eigenvalue weighted by molar-refractivity contribution is -0.129. The molecule has 0 aromatic heterocycles. The number of hydrogen-bond acceptors (Lipinski definition) is 2. The van der Waals surface area contributed by atoms with Crippen LogP contribution in [0.5, 0.6) is 0 Å². The monoisotopic (exact) mass is 288 g/mol. The number of carbonyl (C=O) groups is 1. The van der Waals surface area contributed by atoms with Crippen LogP contribution < -0.4 is 10.6 Å². The van der Waals surface area contributed by atoms with Gasteiger partial charge in [-0.3, -0.25) is 4.79 Å². The summed E-state index contributed by atoms with van der Waals surface area (Å²) in [5.41, 5.74) is 0.799. The fourth-order valence-corrected chi connectivity index (χ4v) is 3.05. The summed E-state index contributed by atoms with van der Waals surface area (Å²) in [7, 11) is 0. The average molecular weight is 288 g/mol. The Hall–Kier alpha value is -1.35. The first-order valence-electron chi connectivity index (χ1n) is 8.09. The van der Waals surface area contributed by atoms with Crippen molar-refractivity contribution in [2.24, 2.45) is 0 Å². The molecular weight excluding hydrogens is 260 g/mol. The van der Waals surface area contributed by atoms with Crippen LogP contribution in [0.2, 0.25) is 0 Å². The van der Waals surface area contributed by atoms with Crippen LogP contribution in [0.1, 0.15) is 52.0 Å². The van der Waals surface area contributed by atoms with E-state index in [1.807, 2.05) is 6.07 Å². The van der Waals surface area contributed by atoms with Crippen molar-refractivity contribution < 1.29 is 4.79 Å². The Kier molecular flexibility index (Phi) is 5.04. The molecule has 3 heteroatoms. The Morgan fingerprint density at radius 1 is 1.33 bits per heavy atom. The van der Waals surface area contributed by atoms with E-state index in [1.165, 1.54) is 5.56 Å². The second-order valence-corrected chi connectivity index (χ2v) is 6.79. The van der Waals surface area contributed by atoms with Gasteiger partial charge in [0.25, 0.3) is 0 Å². The summed E-state index contributed by atoms with van der Waals surface area (Å²) in [6.07, 6.45) is 4.83. The van der Waals surface area contributed by atoms with Crippen molar-refractivity contribution in [1.82, 2.24) is 10.6 Å². The minimum absolute atomic E-state index is 0.167. The van der Waals surface area contributed by atoms with Gasteiger partial charge < -0.3 is 10.6 Å². The Balaban J connectivity index is 1.92. The van der Waals surface area contributed by atoms with Gasteiger partial charge in [-0.05, 0) is 58.1 Å². The number of carbonyl (C=O) groups excluding carboxylic acids is 1. The highest BCUT2D eigenvalue weighted by molar-refractivity contribution is 5.87. The molecule has 1 aliphatic rings. The Morgan fingerprint density at radius 3 is 2.62 bits per heavy atom. The van der Waals surface area contributed by atoms with Gasteiger partial charge in [-0.15, -0.1) is 0 Å². The summed E-state index contributed by atoms with van der Waals surface area (Å²) in [4.78, 5) is 12.7. The van der Waals surface area contributed by atoms with Crippen LogP contribution in [0.15, 0.2) is 30.3 Å². The van der Waals surface area contributed by atoms with Crippen molar-refractivity contribution in [3.8, 4) is 0 Å². The first kappa shape index (κ1) is 16.0. The minimum Gasteiger partial charge on any atom is -0.350 e. The molecule has 1 fully saturated rings. The summed E-state index contributed by atoms with van der Waals surface area (Å²) in [6, 6.07) is 10.5. The van der Waals surface area contributed by atoms with Gasteiger partial charge >= 0.3 is 0 Å². The zero-order valence-corrected chi connectivity index (χ0v) is 13.5. The van der Waals surface area contributed by atoms with Gasteiger partial charge in [-0.25, -0.2) is 0 Å². The van der Waals surface area contributed by atoms with Gasteiger partial charge in [0.05, 0.1) is 5.54 Å². The molecule has 1 amide bonds. The second-order valence-electron chi connectivity index (χ2n) is 6.79. The number of rotatable bonds is 6. The Labute approximate surface area is 128 Å². The summed E-state index contributed by atoms with van der Waals surface area (Å²) < 4.78 is 0. The minimum atomic E-state index is -0.343. The molecule has 0 saturated carbocycles. The fourth-order valence-electron chi connectivity index (χ4n) is 3.05. The SMILES string of the molecule is CCC1(C(=O)NC(C)(C)CCc2ccccc2)CCCN1. The Bertz CT molecular complexity index is 461. The first-order valence-corrected chi connectivity index (χ1v) is 8.09. The van der Waals surface area contributed by atoms with Gasteiger partial charge in [0.2, 0.25) is 5.91 Å². The van der Waals surface area contributed by atoms with E-state index in [-0.39, 0.29) is 17.0 Å². The molecule has 1 aliphatic heterocycles. The summed E-state index contributed by atoms with van der Waals surface area (Å²) in [5, 5.41) is 6.66. The molecular formula is C18H28N2O. The van der Waals surface area contributed by atoms with E-state index in [0.29, 0.717) is 0 Å². The Morgan fingerprint density at radius 2 is 2.05 bits per heavy atom. The maximum atomic E-state index is 12.7. The van der Waals surface area contributed by atoms with E-state index in [9.17, 15) is 4.79 Å². The third kappa shape index (κ3) is 4.07. The molecule has 0 aliphatic carbocycles. The lowest BCUT2D eigenvalue weighted by atomic mass is 9.89. The number of hydrogen-bond donors (Lipinski definition) is 2. The zero-order valence-electron chi connectivity index (χ0n) is 13.5. The van der Waals surface area contributed by atoms with Gasteiger partial charge in [0.1, 0.15) is 0 Å². The highest BCUT2D eigenvalue weighted by Gasteiger charge is 2.40. The molecule has 1 atom stereocenters. The van der Waals surface area contributed by atoms with E-state index < -0.39 is 0 Å². The van der Waals surface area contributed by atoms with E-state index >= 15 is 0 Å². The molecule has 116 valence electrons. The van der Waals surface area contributed by atoms with Crippen LogP contribution in [-0.2, 0) is 11.2 Å². The van der Waals surface area contributed by atoms with Crippen molar-refractivity contribution in [1.29, 1.82) is 0 Å². The van der Waals surface area contributed by atoms with Crippen LogP contribution in [0.3, 0.4) is 0 Å². The van der Waals surface area contributed by atoms with Gasteiger partial charge in [0.15, 0.2) is 0 Å². The molecule has 0 bridgehead atoms. The quantitative estimate of drug-likeness (QED) is 0.845. The predicted octanol–water partition coefficient (Wildman–Crippen LogP) is 3.05. The topological polar surface area (TPSA) is 41.1 Å². The number of nitrogens with one attached hydrogen (secondary N) is 2. The smallest absolute Gasteiger partial charge is 0.240 e. The third-order valence-electron chi connectivity index (χ3n) is 4.62. The molecule has 1 heterocycles. The summed E-state index contributed by atoms with van der Waals surface area (Å²) in [6.45, 7) is 7.28. The molecule has 2 rings (SSSR count). The van der Waals surface area contributed by atoms with Crippen molar-refractivity contribution in [2.75, 3.05) is 6.54 Å². The molecule has 1 saturated heterocycles. The number of aryl methyl sites for hydroxylation is 1. The fraction of sp³-hybridized carbons (Fsp3) is 0.611. The van der Waals surface area contributed by atoms with Crippen molar-refractivity contribution in [3.05, 3.63) is 35.9 Å². The molecule has 0 spiro atoms. The highest BCUT2D eigenvalue weighted by atomic mass is 16.2. The number of benzene rings is 1. The van der Waals surface area contributed by atoms with E-state index in [4.69, 9.17) is 0 Å². The van der Waals surface area contributed by atoms with Gasteiger partial charge in [-0.2, -0.15) is 0 Å². The first-order chi connectivity index (χ1) is 9.97. The zero-order chi connectivity index (χ0) is 15.3. The van der Waals surface area contributed by atoms with Gasteiger partial charge in [-0.1, -0.05) is 37.3 Å². The lowest BCUT2D eigenvalue weighted by Gasteiger charge is -2.33. The molecule has 1 aromatic carbocycles. The molecule has 2 N–H and O–H groups in total. The van der Waals surface area contributed by atoms with Crippen molar-refractivity contribution in [3.63, 3.8) is 0 Å². The normalized spacial score (nSPS) is 22.2. The molecule has 21 heavy (non-hydrogen) atoms. The van der Waals surface area contributed by atoms with E-state index in [0.717, 1.165) is 38.6 Å².